The van der Waals surface area contributed by atoms with Crippen LogP contribution in [-0.2, 0) is 10.2 Å². The molecule has 2 unspecified atom stereocenters. The van der Waals surface area contributed by atoms with Gasteiger partial charge in [-0.3, -0.25) is 0 Å². The molecule has 3 N–H and O–H groups in total. The van der Waals surface area contributed by atoms with E-state index >= 15 is 0 Å². The maximum Gasteiger partial charge on any atom is 0.145 e. The summed E-state index contributed by atoms with van der Waals surface area (Å²) in [6.07, 6.45) is 0.202. The van der Waals surface area contributed by atoms with Gasteiger partial charge in [-0.15, -0.1) is 0 Å². The minimum absolute atomic E-state index is 0.122. The van der Waals surface area contributed by atoms with Crippen molar-refractivity contribution in [2.75, 3.05) is 23.5 Å². The lowest BCUT2D eigenvalue weighted by Gasteiger charge is -2.38. The largest absolute Gasteiger partial charge is 0.375 e. The Morgan fingerprint density at radius 2 is 2.05 bits per heavy atom. The van der Waals surface area contributed by atoms with Crippen LogP contribution in [0.1, 0.15) is 40.4 Å². The molecular formula is C14H25N5O. The van der Waals surface area contributed by atoms with Crippen molar-refractivity contribution in [3.05, 3.63) is 11.9 Å². The molecule has 0 amide bonds. The zero-order valence-corrected chi connectivity index (χ0v) is 13.0. The maximum absolute atomic E-state index is 5.67. The molecular weight excluding hydrogens is 254 g/mol. The maximum atomic E-state index is 5.67. The van der Waals surface area contributed by atoms with E-state index in [1.165, 1.54) is 0 Å². The normalized spacial score (nSPS) is 23.8. The second kappa shape index (κ2) is 5.54. The van der Waals surface area contributed by atoms with Gasteiger partial charge in [-0.05, 0) is 13.8 Å². The summed E-state index contributed by atoms with van der Waals surface area (Å²) in [6.45, 7) is 12.0. The molecule has 0 spiro atoms. The van der Waals surface area contributed by atoms with Gasteiger partial charge in [0.15, 0.2) is 0 Å². The van der Waals surface area contributed by atoms with Gasteiger partial charge in [-0.1, -0.05) is 20.8 Å². The molecule has 0 aromatic carbocycles. The van der Waals surface area contributed by atoms with Crippen molar-refractivity contribution in [1.29, 1.82) is 0 Å². The van der Waals surface area contributed by atoms with E-state index in [-0.39, 0.29) is 11.5 Å². The minimum atomic E-state index is -0.122. The summed E-state index contributed by atoms with van der Waals surface area (Å²) in [5.74, 6) is 7.87. The first-order valence-electron chi connectivity index (χ1n) is 7.05. The number of aromatic nitrogens is 2. The number of ether oxygens (including phenoxy) is 1. The molecule has 6 nitrogen and oxygen atoms in total. The van der Waals surface area contributed by atoms with Gasteiger partial charge in [0.05, 0.1) is 18.8 Å². The molecule has 2 heterocycles. The second-order valence-electron chi connectivity index (χ2n) is 6.47. The average Bonchev–Trinajstić information content (AvgIpc) is 2.40. The molecule has 2 rings (SSSR count). The van der Waals surface area contributed by atoms with E-state index in [4.69, 9.17) is 15.6 Å². The Balaban J connectivity index is 2.39. The van der Waals surface area contributed by atoms with E-state index in [0.29, 0.717) is 18.5 Å². The number of hydrazine groups is 1. The zero-order valence-electron chi connectivity index (χ0n) is 13.0. The van der Waals surface area contributed by atoms with E-state index in [1.807, 2.05) is 6.07 Å². The number of nitrogen functional groups attached to an aromatic ring is 1. The van der Waals surface area contributed by atoms with Gasteiger partial charge in [-0.25, -0.2) is 15.8 Å². The van der Waals surface area contributed by atoms with Crippen molar-refractivity contribution in [2.24, 2.45) is 5.84 Å². The van der Waals surface area contributed by atoms with Crippen molar-refractivity contribution in [3.63, 3.8) is 0 Å². The summed E-state index contributed by atoms with van der Waals surface area (Å²) < 4.78 is 5.67. The topological polar surface area (TPSA) is 76.3 Å². The Bertz CT molecular complexity index is 471. The molecule has 1 fully saturated rings. The fourth-order valence-corrected chi connectivity index (χ4v) is 2.21. The number of morpholine rings is 1. The summed E-state index contributed by atoms with van der Waals surface area (Å²) >= 11 is 0. The van der Waals surface area contributed by atoms with Gasteiger partial charge in [0.25, 0.3) is 0 Å². The van der Waals surface area contributed by atoms with Crippen LogP contribution in [-0.4, -0.2) is 35.3 Å². The molecule has 0 saturated carbocycles. The quantitative estimate of drug-likeness (QED) is 0.633. The van der Waals surface area contributed by atoms with Crippen LogP contribution in [0, 0.1) is 0 Å². The third kappa shape index (κ3) is 3.19. The van der Waals surface area contributed by atoms with Crippen LogP contribution in [0.4, 0.5) is 11.6 Å². The van der Waals surface area contributed by atoms with E-state index < -0.39 is 0 Å². The van der Waals surface area contributed by atoms with Crippen LogP contribution in [0.15, 0.2) is 6.07 Å². The smallest absolute Gasteiger partial charge is 0.145 e. The Morgan fingerprint density at radius 1 is 1.35 bits per heavy atom. The van der Waals surface area contributed by atoms with Crippen LogP contribution >= 0.6 is 0 Å². The van der Waals surface area contributed by atoms with Gasteiger partial charge in [0, 0.05) is 18.0 Å². The van der Waals surface area contributed by atoms with Crippen molar-refractivity contribution in [2.45, 2.75) is 52.2 Å². The Morgan fingerprint density at radius 3 is 2.65 bits per heavy atom. The second-order valence-corrected chi connectivity index (χ2v) is 6.47. The summed E-state index contributed by atoms with van der Waals surface area (Å²) in [7, 11) is 0. The van der Waals surface area contributed by atoms with Gasteiger partial charge in [0.1, 0.15) is 17.5 Å². The number of anilines is 2. The lowest BCUT2D eigenvalue weighted by atomic mass is 9.95. The fraction of sp³-hybridized carbons (Fsp3) is 0.714. The van der Waals surface area contributed by atoms with Crippen LogP contribution in [0.25, 0.3) is 0 Å². The van der Waals surface area contributed by atoms with Crippen LogP contribution < -0.4 is 16.2 Å². The predicted octanol–water partition coefficient (Wildman–Crippen LogP) is 1.67. The standard InChI is InChI=1S/C14H25N5O/c1-9-8-20-10(2)7-19(9)12-6-11(18-15)16-13(17-12)14(3,4)5/h6,9-10H,7-8,15H2,1-5H3,(H,16,17,18). The number of nitrogens with two attached hydrogens (primary N) is 1. The summed E-state index contributed by atoms with van der Waals surface area (Å²) in [6, 6.07) is 2.18. The van der Waals surface area contributed by atoms with E-state index in [9.17, 15) is 0 Å². The third-order valence-corrected chi connectivity index (χ3v) is 3.43. The highest BCUT2D eigenvalue weighted by molar-refractivity contribution is 5.50. The first kappa shape index (κ1) is 15.0. The molecule has 6 heteroatoms. The number of rotatable bonds is 2. The minimum Gasteiger partial charge on any atom is -0.375 e. The molecule has 0 bridgehead atoms. The van der Waals surface area contributed by atoms with Crippen molar-refractivity contribution in [3.8, 4) is 0 Å². The Hall–Kier alpha value is -1.40. The van der Waals surface area contributed by atoms with Gasteiger partial charge in [-0.2, -0.15) is 0 Å². The van der Waals surface area contributed by atoms with Crippen molar-refractivity contribution in [1.82, 2.24) is 9.97 Å². The van der Waals surface area contributed by atoms with Gasteiger partial charge >= 0.3 is 0 Å². The number of nitrogens with one attached hydrogen (secondary N) is 1. The SMILES string of the molecule is CC1CN(c2cc(NN)nc(C(C)(C)C)n2)C(C)CO1. The number of hydrogen-bond acceptors (Lipinski definition) is 6. The lowest BCUT2D eigenvalue weighted by molar-refractivity contribution is 0.0340. The first-order chi connectivity index (χ1) is 9.31. The van der Waals surface area contributed by atoms with Crippen LogP contribution in [0.2, 0.25) is 0 Å². The van der Waals surface area contributed by atoms with Gasteiger partial charge < -0.3 is 15.1 Å². The third-order valence-electron chi connectivity index (χ3n) is 3.43. The molecule has 112 valence electrons. The van der Waals surface area contributed by atoms with Crippen LogP contribution in [0.3, 0.4) is 0 Å². The molecule has 1 aromatic rings. The molecule has 0 radical (unpaired) electrons. The molecule has 20 heavy (non-hydrogen) atoms. The predicted molar refractivity (Wildman–Crippen MR) is 80.8 cm³/mol. The first-order valence-corrected chi connectivity index (χ1v) is 7.05. The Kier molecular flexibility index (Phi) is 4.15. The summed E-state index contributed by atoms with van der Waals surface area (Å²) in [5, 5.41) is 0. The average molecular weight is 279 g/mol. The number of nitrogens with zero attached hydrogens (tertiary/aromatic N) is 3. The van der Waals surface area contributed by atoms with Crippen molar-refractivity contribution < 1.29 is 4.74 Å². The van der Waals surface area contributed by atoms with Crippen LogP contribution in [0.5, 0.6) is 0 Å². The van der Waals surface area contributed by atoms with Crippen molar-refractivity contribution >= 4 is 11.6 Å². The molecule has 1 saturated heterocycles. The molecule has 1 aromatic heterocycles. The molecule has 1 aliphatic heterocycles. The fourth-order valence-electron chi connectivity index (χ4n) is 2.21. The highest BCUT2D eigenvalue weighted by Gasteiger charge is 2.27. The van der Waals surface area contributed by atoms with E-state index in [2.05, 4.69) is 49.9 Å². The molecule has 2 atom stereocenters. The lowest BCUT2D eigenvalue weighted by Crippen LogP contribution is -2.48. The summed E-state index contributed by atoms with van der Waals surface area (Å²) in [4.78, 5) is 11.4. The number of hydrogen-bond donors (Lipinski definition) is 2. The zero-order chi connectivity index (χ0) is 14.9. The Labute approximate surface area is 120 Å². The molecule has 0 aliphatic carbocycles. The highest BCUT2D eigenvalue weighted by Crippen LogP contribution is 2.26. The highest BCUT2D eigenvalue weighted by atomic mass is 16.5. The molecule has 1 aliphatic rings. The van der Waals surface area contributed by atoms with E-state index in [1.54, 1.807) is 0 Å². The van der Waals surface area contributed by atoms with E-state index in [0.717, 1.165) is 18.2 Å². The van der Waals surface area contributed by atoms with Gasteiger partial charge in [0.2, 0.25) is 0 Å². The monoisotopic (exact) mass is 279 g/mol. The summed E-state index contributed by atoms with van der Waals surface area (Å²) in [5.41, 5.74) is 2.51.